The predicted molar refractivity (Wildman–Crippen MR) is 145 cm³/mol. The van der Waals surface area contributed by atoms with Gasteiger partial charge in [-0.25, -0.2) is 0 Å². The molecule has 4 rings (SSSR count). The summed E-state index contributed by atoms with van der Waals surface area (Å²) in [6, 6.07) is 7.18. The first-order valence-corrected chi connectivity index (χ1v) is 13.2. The van der Waals surface area contributed by atoms with Gasteiger partial charge in [-0.15, -0.1) is 0 Å². The van der Waals surface area contributed by atoms with Crippen LogP contribution in [0.15, 0.2) is 42.0 Å². The molecule has 4 atom stereocenters. The fraction of sp³-hybridized carbons (Fsp3) is 0.393. The molecule has 0 aromatic heterocycles. The number of halogens is 2. The fourth-order valence-corrected chi connectivity index (χ4v) is 5.38. The number of carbonyl (C=O) groups is 3. The molecule has 0 bridgehead atoms. The Morgan fingerprint density at radius 1 is 1.21 bits per heavy atom. The summed E-state index contributed by atoms with van der Waals surface area (Å²) in [4.78, 5) is 40.0. The van der Waals surface area contributed by atoms with Crippen molar-refractivity contribution in [2.75, 3.05) is 20.3 Å². The molecular weight excluding hydrogens is 547 g/mol. The number of methoxy groups -OCH3 is 1. The Kier molecular flexibility index (Phi) is 8.86. The number of carbonyl (C=O) groups excluding carboxylic acids is 3. The first-order valence-electron chi connectivity index (χ1n) is 12.5. The predicted octanol–water partition coefficient (Wildman–Crippen LogP) is 3.12. The third-order valence-corrected chi connectivity index (χ3v) is 7.62. The van der Waals surface area contributed by atoms with Crippen molar-refractivity contribution in [3.63, 3.8) is 0 Å². The topological polar surface area (TPSA) is 125 Å². The van der Waals surface area contributed by atoms with Crippen molar-refractivity contribution in [2.45, 2.75) is 44.6 Å². The van der Waals surface area contributed by atoms with Crippen LogP contribution in [0.2, 0.25) is 10.0 Å². The molecule has 2 aliphatic rings. The van der Waals surface area contributed by atoms with Crippen LogP contribution in [0.4, 0.5) is 0 Å². The number of aliphatic hydroxyl groups is 2. The average molecular weight is 577 g/mol. The molecule has 4 unspecified atom stereocenters. The standard InChI is InChI=1S/C28H30Cl2N2O7/c1-14(2)28(37)32(12-15-4-5-19(29)20(30)9-15)21-11-18(27(36)31-6-7-33)23-17-8-16(13-34)10-22(38-3)25(17)39-26(23)24(21)35/h4-5,8-11,13-14,21,23-24,26,33,35H,6-7,12H2,1-3H3,(H,31,36). The van der Waals surface area contributed by atoms with Crippen LogP contribution in [0, 0.1) is 5.92 Å². The number of aldehydes is 1. The molecule has 208 valence electrons. The van der Waals surface area contributed by atoms with Crippen molar-refractivity contribution >= 4 is 41.3 Å². The number of hydrogen-bond donors (Lipinski definition) is 3. The minimum absolute atomic E-state index is 0.00407. The van der Waals surface area contributed by atoms with Gasteiger partial charge in [0.1, 0.15) is 18.5 Å². The Morgan fingerprint density at radius 2 is 1.95 bits per heavy atom. The highest BCUT2D eigenvalue weighted by atomic mass is 35.5. The summed E-state index contributed by atoms with van der Waals surface area (Å²) in [7, 11) is 1.43. The van der Waals surface area contributed by atoms with E-state index in [9.17, 15) is 24.6 Å². The van der Waals surface area contributed by atoms with E-state index >= 15 is 0 Å². The molecule has 2 aromatic carbocycles. The molecule has 1 aliphatic heterocycles. The number of aliphatic hydroxyl groups excluding tert-OH is 2. The summed E-state index contributed by atoms with van der Waals surface area (Å²) in [5.41, 5.74) is 1.75. The van der Waals surface area contributed by atoms with Crippen molar-refractivity contribution in [1.82, 2.24) is 10.2 Å². The lowest BCUT2D eigenvalue weighted by Gasteiger charge is -2.41. The molecule has 1 heterocycles. The summed E-state index contributed by atoms with van der Waals surface area (Å²) < 4.78 is 11.6. The zero-order chi connectivity index (χ0) is 28.4. The van der Waals surface area contributed by atoms with Gasteiger partial charge >= 0.3 is 0 Å². The van der Waals surface area contributed by atoms with E-state index in [2.05, 4.69) is 5.32 Å². The maximum absolute atomic E-state index is 13.5. The number of rotatable bonds is 9. The smallest absolute Gasteiger partial charge is 0.247 e. The first-order chi connectivity index (χ1) is 18.6. The molecule has 39 heavy (non-hydrogen) atoms. The van der Waals surface area contributed by atoms with Crippen molar-refractivity contribution < 1.29 is 34.1 Å². The van der Waals surface area contributed by atoms with Gasteiger partial charge < -0.3 is 29.9 Å². The van der Waals surface area contributed by atoms with Crippen LogP contribution in [0.3, 0.4) is 0 Å². The molecule has 1 aliphatic carbocycles. The number of fused-ring (bicyclic) bond motifs is 3. The lowest BCUT2D eigenvalue weighted by Crippen LogP contribution is -2.56. The molecule has 0 radical (unpaired) electrons. The Hall–Kier alpha value is -3.11. The van der Waals surface area contributed by atoms with E-state index in [4.69, 9.17) is 32.7 Å². The van der Waals surface area contributed by atoms with Gasteiger partial charge in [-0.1, -0.05) is 43.1 Å². The summed E-state index contributed by atoms with van der Waals surface area (Å²) in [5.74, 6) is -1.33. The quantitative estimate of drug-likeness (QED) is 0.391. The number of nitrogens with zero attached hydrogens (tertiary/aromatic N) is 1. The van der Waals surface area contributed by atoms with E-state index in [-0.39, 0.29) is 36.9 Å². The third kappa shape index (κ3) is 5.63. The van der Waals surface area contributed by atoms with Gasteiger partial charge in [-0.3, -0.25) is 14.4 Å². The molecule has 2 amide bonds. The maximum atomic E-state index is 13.5. The highest BCUT2D eigenvalue weighted by Gasteiger charge is 2.51. The largest absolute Gasteiger partial charge is 0.493 e. The first kappa shape index (κ1) is 28.9. The van der Waals surface area contributed by atoms with E-state index in [1.807, 2.05) is 0 Å². The van der Waals surface area contributed by atoms with E-state index in [0.29, 0.717) is 38.8 Å². The zero-order valence-corrected chi connectivity index (χ0v) is 23.2. The van der Waals surface area contributed by atoms with Crippen molar-refractivity contribution in [1.29, 1.82) is 0 Å². The monoisotopic (exact) mass is 576 g/mol. The van der Waals surface area contributed by atoms with Crippen LogP contribution in [-0.2, 0) is 16.1 Å². The van der Waals surface area contributed by atoms with Gasteiger partial charge in [0.25, 0.3) is 0 Å². The number of benzene rings is 2. The second-order valence-electron chi connectivity index (χ2n) is 9.77. The molecule has 0 spiro atoms. The van der Waals surface area contributed by atoms with E-state index < -0.39 is 36.0 Å². The van der Waals surface area contributed by atoms with Gasteiger partial charge in [0.05, 0.1) is 35.7 Å². The Morgan fingerprint density at radius 3 is 2.56 bits per heavy atom. The average Bonchev–Trinajstić information content (AvgIpc) is 3.31. The van der Waals surface area contributed by atoms with Crippen LogP contribution < -0.4 is 14.8 Å². The zero-order valence-electron chi connectivity index (χ0n) is 21.7. The third-order valence-electron chi connectivity index (χ3n) is 6.88. The van der Waals surface area contributed by atoms with Gasteiger partial charge in [0.15, 0.2) is 11.5 Å². The minimum Gasteiger partial charge on any atom is -0.493 e. The normalized spacial score (nSPS) is 21.4. The molecule has 2 aromatic rings. The van der Waals surface area contributed by atoms with E-state index in [1.54, 1.807) is 44.2 Å². The number of amides is 2. The number of nitrogens with one attached hydrogen (secondary N) is 1. The summed E-state index contributed by atoms with van der Waals surface area (Å²) in [6.45, 7) is 3.30. The van der Waals surface area contributed by atoms with Gasteiger partial charge in [0.2, 0.25) is 11.8 Å². The second kappa shape index (κ2) is 12.0. The highest BCUT2D eigenvalue weighted by molar-refractivity contribution is 6.42. The van der Waals surface area contributed by atoms with Crippen LogP contribution in [0.25, 0.3) is 0 Å². The molecule has 3 N–H and O–H groups in total. The Bertz CT molecular complexity index is 1310. The van der Waals surface area contributed by atoms with E-state index in [1.165, 1.54) is 18.1 Å². The van der Waals surface area contributed by atoms with Crippen LogP contribution in [0.1, 0.15) is 41.3 Å². The molecular formula is C28H30Cl2N2O7. The number of ether oxygens (including phenoxy) is 2. The van der Waals surface area contributed by atoms with Crippen LogP contribution in [0.5, 0.6) is 11.5 Å². The number of hydrogen-bond acceptors (Lipinski definition) is 7. The molecule has 0 saturated carbocycles. The van der Waals surface area contributed by atoms with Gasteiger partial charge in [-0.05, 0) is 35.9 Å². The van der Waals surface area contributed by atoms with Gasteiger partial charge in [-0.2, -0.15) is 0 Å². The highest BCUT2D eigenvalue weighted by Crippen LogP contribution is 2.51. The van der Waals surface area contributed by atoms with Crippen molar-refractivity contribution in [2.24, 2.45) is 5.92 Å². The SMILES string of the molecule is COc1cc(C=O)cc2c1OC1C2C(C(=O)NCCO)=CC(N(Cc2ccc(Cl)c(Cl)c2)C(=O)C(C)C)C1O. The summed E-state index contributed by atoms with van der Waals surface area (Å²) >= 11 is 12.3. The maximum Gasteiger partial charge on any atom is 0.247 e. The van der Waals surface area contributed by atoms with Crippen LogP contribution >= 0.6 is 23.2 Å². The molecule has 0 saturated heterocycles. The van der Waals surface area contributed by atoms with Crippen molar-refractivity contribution in [3.8, 4) is 11.5 Å². The van der Waals surface area contributed by atoms with Crippen molar-refractivity contribution in [3.05, 3.63) is 68.7 Å². The summed E-state index contributed by atoms with van der Waals surface area (Å²) in [5, 5.41) is 24.3. The van der Waals surface area contributed by atoms with Crippen LogP contribution in [-0.4, -0.2) is 71.7 Å². The Balaban J connectivity index is 1.83. The summed E-state index contributed by atoms with van der Waals surface area (Å²) in [6.07, 6.45) is 0.0198. The molecule has 11 heteroatoms. The lowest BCUT2D eigenvalue weighted by atomic mass is 9.77. The second-order valence-corrected chi connectivity index (χ2v) is 10.6. The minimum atomic E-state index is -1.24. The van der Waals surface area contributed by atoms with E-state index in [0.717, 1.165) is 0 Å². The molecule has 9 nitrogen and oxygen atoms in total. The molecule has 0 fully saturated rings. The Labute approximate surface area is 236 Å². The van der Waals surface area contributed by atoms with Gasteiger partial charge in [0, 0.05) is 35.7 Å². The fourth-order valence-electron chi connectivity index (χ4n) is 5.06. The lowest BCUT2D eigenvalue weighted by molar-refractivity contribution is -0.141.